The molecule has 0 saturated carbocycles. The normalized spacial score (nSPS) is 13.7. The van der Waals surface area contributed by atoms with E-state index in [0.717, 1.165) is 10.6 Å². The monoisotopic (exact) mass is 142 g/mol. The highest BCUT2D eigenvalue weighted by Crippen LogP contribution is 2.04. The fourth-order valence-electron chi connectivity index (χ4n) is 0.548. The zero-order valence-corrected chi connectivity index (χ0v) is 6.57. The van der Waals surface area contributed by atoms with E-state index in [-0.39, 0.29) is 0 Å². The van der Waals surface area contributed by atoms with E-state index in [1.54, 1.807) is 6.08 Å². The summed E-state index contributed by atoms with van der Waals surface area (Å²) < 4.78 is 0. The van der Waals surface area contributed by atoms with E-state index >= 15 is 0 Å². The van der Waals surface area contributed by atoms with Crippen molar-refractivity contribution < 1.29 is 0 Å². The third kappa shape index (κ3) is 5.38. The van der Waals surface area contributed by atoms with Gasteiger partial charge in [0.25, 0.3) is 0 Å². The van der Waals surface area contributed by atoms with Crippen molar-refractivity contribution in [3.05, 3.63) is 35.4 Å². The average molecular weight is 143 g/mol. The van der Waals surface area contributed by atoms with Crippen molar-refractivity contribution in [2.45, 2.75) is 13.8 Å². The summed E-state index contributed by atoms with van der Waals surface area (Å²) >= 11 is 5.59. The van der Waals surface area contributed by atoms with Crippen LogP contribution in [0.3, 0.4) is 0 Å². The Morgan fingerprint density at radius 2 is 2.00 bits per heavy atom. The molecule has 0 nitrogen and oxygen atoms in total. The Morgan fingerprint density at radius 1 is 1.44 bits per heavy atom. The Hall–Kier alpha value is -0.490. The van der Waals surface area contributed by atoms with Gasteiger partial charge in [0.1, 0.15) is 0 Å². The first-order valence-electron chi connectivity index (χ1n) is 2.80. The first-order chi connectivity index (χ1) is 4.16. The molecule has 0 atom stereocenters. The molecule has 0 heterocycles. The Labute approximate surface area is 61.5 Å². The number of hydrogen-bond acceptors (Lipinski definition) is 0. The Bertz CT molecular complexity index is 148. The van der Waals surface area contributed by atoms with Crippen molar-refractivity contribution in [2.75, 3.05) is 0 Å². The second-order valence-corrected chi connectivity index (χ2v) is 2.47. The highest BCUT2D eigenvalue weighted by atomic mass is 35.5. The van der Waals surface area contributed by atoms with Crippen molar-refractivity contribution in [2.24, 2.45) is 0 Å². The minimum atomic E-state index is 0.797. The summed E-state index contributed by atoms with van der Waals surface area (Å²) in [7, 11) is 0. The van der Waals surface area contributed by atoms with Crippen LogP contribution >= 0.6 is 11.6 Å². The van der Waals surface area contributed by atoms with Gasteiger partial charge in [-0.2, -0.15) is 0 Å². The van der Waals surface area contributed by atoms with Gasteiger partial charge in [-0.15, -0.1) is 0 Å². The van der Waals surface area contributed by atoms with Gasteiger partial charge in [-0.3, -0.25) is 0 Å². The second kappa shape index (κ2) is 4.39. The van der Waals surface area contributed by atoms with E-state index in [1.165, 1.54) is 0 Å². The van der Waals surface area contributed by atoms with E-state index in [9.17, 15) is 0 Å². The average Bonchev–Trinajstić information content (AvgIpc) is 1.63. The van der Waals surface area contributed by atoms with Crippen LogP contribution in [0.15, 0.2) is 35.4 Å². The van der Waals surface area contributed by atoms with Crippen molar-refractivity contribution in [1.82, 2.24) is 0 Å². The molecule has 0 amide bonds. The fourth-order valence-corrected chi connectivity index (χ4v) is 0.720. The molecule has 0 spiro atoms. The number of hydrogen-bond donors (Lipinski definition) is 0. The van der Waals surface area contributed by atoms with Gasteiger partial charge in [0.2, 0.25) is 0 Å². The molecule has 0 aliphatic rings. The quantitative estimate of drug-likeness (QED) is 0.520. The summed E-state index contributed by atoms with van der Waals surface area (Å²) in [5.41, 5.74) is 1.12. The van der Waals surface area contributed by atoms with Crippen molar-refractivity contribution >= 4 is 11.6 Å². The highest BCUT2D eigenvalue weighted by Gasteiger charge is 1.80. The number of rotatable bonds is 2. The molecule has 0 saturated heterocycles. The molecule has 0 N–H and O–H groups in total. The molecule has 0 radical (unpaired) electrons. The molecule has 0 aromatic rings. The maximum absolute atomic E-state index is 5.59. The molecule has 9 heavy (non-hydrogen) atoms. The van der Waals surface area contributed by atoms with Gasteiger partial charge in [0, 0.05) is 5.03 Å². The van der Waals surface area contributed by atoms with Gasteiger partial charge < -0.3 is 0 Å². The molecule has 1 heteroatoms. The van der Waals surface area contributed by atoms with Crippen molar-refractivity contribution in [3.63, 3.8) is 0 Å². The van der Waals surface area contributed by atoms with Gasteiger partial charge in [-0.1, -0.05) is 35.9 Å². The first-order valence-corrected chi connectivity index (χ1v) is 3.17. The molecular weight excluding hydrogens is 132 g/mol. The molecule has 0 aliphatic carbocycles. The van der Waals surface area contributed by atoms with Gasteiger partial charge >= 0.3 is 0 Å². The smallest absolute Gasteiger partial charge is 0.0152 e. The molecule has 0 bridgehead atoms. The lowest BCUT2D eigenvalue weighted by Gasteiger charge is -1.87. The SMILES string of the molecule is C=CC=C(C)C=C(C)Cl. The van der Waals surface area contributed by atoms with Crippen molar-refractivity contribution in [1.29, 1.82) is 0 Å². The van der Waals surface area contributed by atoms with Gasteiger partial charge in [-0.05, 0) is 19.9 Å². The van der Waals surface area contributed by atoms with E-state index in [4.69, 9.17) is 11.6 Å². The summed E-state index contributed by atoms with van der Waals surface area (Å²) in [5.74, 6) is 0. The van der Waals surface area contributed by atoms with Crippen LogP contribution in [0, 0.1) is 0 Å². The van der Waals surface area contributed by atoms with Crippen LogP contribution in [-0.2, 0) is 0 Å². The molecular formula is C8H11Cl. The third-order valence-corrected chi connectivity index (χ3v) is 0.916. The zero-order chi connectivity index (χ0) is 7.28. The number of allylic oxidation sites excluding steroid dienone is 5. The lowest BCUT2D eigenvalue weighted by atomic mass is 10.2. The molecule has 0 aromatic heterocycles. The fraction of sp³-hybridized carbons (Fsp3) is 0.250. The summed E-state index contributed by atoms with van der Waals surface area (Å²) in [4.78, 5) is 0. The third-order valence-electron chi connectivity index (χ3n) is 0.807. The van der Waals surface area contributed by atoms with Crippen LogP contribution < -0.4 is 0 Å². The minimum absolute atomic E-state index is 0.797. The lowest BCUT2D eigenvalue weighted by Crippen LogP contribution is -1.66. The van der Waals surface area contributed by atoms with Gasteiger partial charge in [0.15, 0.2) is 0 Å². The Kier molecular flexibility index (Phi) is 4.16. The van der Waals surface area contributed by atoms with Crippen LogP contribution in [0.1, 0.15) is 13.8 Å². The van der Waals surface area contributed by atoms with E-state index in [2.05, 4.69) is 6.58 Å². The Balaban J connectivity index is 4.05. The maximum Gasteiger partial charge on any atom is 0.0152 e. The molecule has 0 rings (SSSR count). The van der Waals surface area contributed by atoms with Crippen molar-refractivity contribution in [3.8, 4) is 0 Å². The molecule has 0 aliphatic heterocycles. The van der Waals surface area contributed by atoms with Crippen LogP contribution in [0.25, 0.3) is 0 Å². The standard InChI is InChI=1S/C8H11Cl/c1-4-5-7(2)6-8(3)9/h4-6H,1H2,2-3H3. The first kappa shape index (κ1) is 8.51. The van der Waals surface area contributed by atoms with E-state index in [1.807, 2.05) is 26.0 Å². The predicted molar refractivity (Wildman–Crippen MR) is 43.6 cm³/mol. The number of halogens is 1. The lowest BCUT2D eigenvalue weighted by molar-refractivity contribution is 1.49. The summed E-state index contributed by atoms with van der Waals surface area (Å²) in [6.45, 7) is 7.39. The molecule has 50 valence electrons. The van der Waals surface area contributed by atoms with Gasteiger partial charge in [0.05, 0.1) is 0 Å². The summed E-state index contributed by atoms with van der Waals surface area (Å²) in [6.07, 6.45) is 5.54. The predicted octanol–water partition coefficient (Wildman–Crippen LogP) is 3.26. The van der Waals surface area contributed by atoms with E-state index in [0.29, 0.717) is 0 Å². The summed E-state index contributed by atoms with van der Waals surface area (Å²) in [5, 5.41) is 0.797. The van der Waals surface area contributed by atoms with Gasteiger partial charge in [-0.25, -0.2) is 0 Å². The van der Waals surface area contributed by atoms with Crippen LogP contribution in [0.4, 0.5) is 0 Å². The topological polar surface area (TPSA) is 0 Å². The summed E-state index contributed by atoms with van der Waals surface area (Å²) in [6, 6.07) is 0. The van der Waals surface area contributed by atoms with Crippen LogP contribution in [0.5, 0.6) is 0 Å². The van der Waals surface area contributed by atoms with Crippen LogP contribution in [-0.4, -0.2) is 0 Å². The highest BCUT2D eigenvalue weighted by molar-refractivity contribution is 6.29. The maximum atomic E-state index is 5.59. The molecule has 0 aromatic carbocycles. The Morgan fingerprint density at radius 3 is 2.33 bits per heavy atom. The van der Waals surface area contributed by atoms with Crippen LogP contribution in [0.2, 0.25) is 0 Å². The second-order valence-electron chi connectivity index (χ2n) is 1.88. The molecule has 0 fully saturated rings. The molecule has 0 unspecified atom stereocenters. The largest absolute Gasteiger partial charge is 0.0991 e. The zero-order valence-electron chi connectivity index (χ0n) is 5.82. The van der Waals surface area contributed by atoms with E-state index < -0.39 is 0 Å². The minimum Gasteiger partial charge on any atom is -0.0991 e.